The summed E-state index contributed by atoms with van der Waals surface area (Å²) in [5.74, 6) is -0.551. The Kier molecular flexibility index (Phi) is 3.90. The van der Waals surface area contributed by atoms with Crippen LogP contribution in [0.1, 0.15) is 11.1 Å². The maximum atomic E-state index is 12.5. The minimum Gasteiger partial charge on any atom is -0.321 e. The van der Waals surface area contributed by atoms with Gasteiger partial charge >= 0.3 is 0 Å². The second kappa shape index (κ2) is 6.10. The lowest BCUT2D eigenvalue weighted by Gasteiger charge is -2.07. The molecule has 6 heteroatoms. The van der Waals surface area contributed by atoms with E-state index in [4.69, 9.17) is 11.6 Å². The normalized spacial score (nSPS) is 16.2. The molecule has 0 unspecified atom stereocenters. The van der Waals surface area contributed by atoms with Crippen molar-refractivity contribution in [1.29, 1.82) is 0 Å². The molecule has 2 aliphatic rings. The van der Waals surface area contributed by atoms with Crippen LogP contribution >= 0.6 is 23.4 Å². The van der Waals surface area contributed by atoms with Gasteiger partial charge in [-0.2, -0.15) is 0 Å². The monoisotopic (exact) mass is 368 g/mol. The van der Waals surface area contributed by atoms with Crippen molar-refractivity contribution in [3.05, 3.63) is 75.8 Å². The summed E-state index contributed by atoms with van der Waals surface area (Å²) in [7, 11) is 0. The molecule has 4 rings (SSSR count). The van der Waals surface area contributed by atoms with Gasteiger partial charge in [0.05, 0.1) is 22.5 Å². The molecule has 4 nitrogen and oxygen atoms in total. The molecular formula is C19H13ClN2O2S. The summed E-state index contributed by atoms with van der Waals surface area (Å²) in [5, 5.41) is 6.26. The summed E-state index contributed by atoms with van der Waals surface area (Å²) < 4.78 is 0. The van der Waals surface area contributed by atoms with E-state index in [1.807, 2.05) is 30.5 Å². The van der Waals surface area contributed by atoms with Crippen molar-refractivity contribution in [2.45, 2.75) is 4.90 Å². The highest BCUT2D eigenvalue weighted by Gasteiger charge is 2.40. The summed E-state index contributed by atoms with van der Waals surface area (Å²) in [6.45, 7) is 0. The molecule has 2 amide bonds. The highest BCUT2D eigenvalue weighted by atomic mass is 35.5. The van der Waals surface area contributed by atoms with Gasteiger partial charge in [-0.1, -0.05) is 35.9 Å². The Labute approximate surface area is 154 Å². The predicted octanol–water partition coefficient (Wildman–Crippen LogP) is 3.44. The summed E-state index contributed by atoms with van der Waals surface area (Å²) in [4.78, 5) is 26.2. The first-order chi connectivity index (χ1) is 12.1. The molecule has 2 heterocycles. The Bertz CT molecular complexity index is 960. The zero-order valence-electron chi connectivity index (χ0n) is 13.2. The van der Waals surface area contributed by atoms with Crippen LogP contribution in [0.5, 0.6) is 0 Å². The number of rotatable bonds is 3. The number of nitrogens with one attached hydrogen (secondary N) is 2. The predicted molar refractivity (Wildman–Crippen MR) is 99.8 cm³/mol. The van der Waals surface area contributed by atoms with Crippen LogP contribution in [0.3, 0.4) is 0 Å². The lowest BCUT2D eigenvalue weighted by atomic mass is 10.0. The molecule has 0 atom stereocenters. The molecule has 2 aliphatic heterocycles. The molecule has 2 aromatic carbocycles. The van der Waals surface area contributed by atoms with Gasteiger partial charge in [-0.05, 0) is 41.6 Å². The molecule has 0 fully saturated rings. The topological polar surface area (TPSA) is 58.2 Å². The number of hydrogen-bond donors (Lipinski definition) is 2. The SMILES string of the molecule is CSc1ccc(C2=C3C(=O)NC(c4ccc(Cl)cc4)=C3C(=O)N2)cc1. The van der Waals surface area contributed by atoms with Crippen LogP contribution in [-0.2, 0) is 9.59 Å². The van der Waals surface area contributed by atoms with Crippen LogP contribution in [0.4, 0.5) is 0 Å². The van der Waals surface area contributed by atoms with Gasteiger partial charge in [-0.15, -0.1) is 11.8 Å². The van der Waals surface area contributed by atoms with Crippen molar-refractivity contribution in [3.63, 3.8) is 0 Å². The molecule has 0 saturated carbocycles. The third kappa shape index (κ3) is 2.65. The Morgan fingerprint density at radius 3 is 1.64 bits per heavy atom. The van der Waals surface area contributed by atoms with Gasteiger partial charge in [0.25, 0.3) is 11.8 Å². The molecule has 0 aromatic heterocycles. The van der Waals surface area contributed by atoms with Gasteiger partial charge < -0.3 is 10.6 Å². The average Bonchev–Trinajstić information content (AvgIpc) is 3.15. The first kappa shape index (κ1) is 16.0. The maximum Gasteiger partial charge on any atom is 0.258 e. The fourth-order valence-corrected chi connectivity index (χ4v) is 3.52. The van der Waals surface area contributed by atoms with Crippen LogP contribution in [0.2, 0.25) is 5.02 Å². The van der Waals surface area contributed by atoms with Crippen molar-refractivity contribution < 1.29 is 9.59 Å². The summed E-state index contributed by atoms with van der Waals surface area (Å²) in [5.41, 5.74) is 3.41. The highest BCUT2D eigenvalue weighted by Crippen LogP contribution is 2.37. The second-order valence-corrected chi connectivity index (χ2v) is 6.96. The van der Waals surface area contributed by atoms with E-state index in [-0.39, 0.29) is 11.8 Å². The number of benzene rings is 2. The molecule has 0 spiro atoms. The maximum absolute atomic E-state index is 12.5. The molecule has 0 saturated heterocycles. The van der Waals surface area contributed by atoms with Crippen LogP contribution < -0.4 is 10.6 Å². The Balaban J connectivity index is 1.84. The third-order valence-corrected chi connectivity index (χ3v) is 5.19. The molecule has 0 bridgehead atoms. The van der Waals surface area contributed by atoms with E-state index in [0.29, 0.717) is 27.6 Å². The second-order valence-electron chi connectivity index (χ2n) is 5.64. The zero-order valence-corrected chi connectivity index (χ0v) is 14.8. The summed E-state index contributed by atoms with van der Waals surface area (Å²) >= 11 is 7.56. The van der Waals surface area contributed by atoms with Gasteiger partial charge in [0, 0.05) is 9.92 Å². The van der Waals surface area contributed by atoms with E-state index in [0.717, 1.165) is 16.0 Å². The van der Waals surface area contributed by atoms with Gasteiger partial charge in [0.1, 0.15) is 0 Å². The van der Waals surface area contributed by atoms with E-state index in [1.54, 1.807) is 36.0 Å². The van der Waals surface area contributed by atoms with E-state index in [2.05, 4.69) is 10.6 Å². The van der Waals surface area contributed by atoms with Crippen molar-refractivity contribution in [1.82, 2.24) is 10.6 Å². The molecule has 25 heavy (non-hydrogen) atoms. The van der Waals surface area contributed by atoms with Crippen molar-refractivity contribution in [2.75, 3.05) is 6.26 Å². The lowest BCUT2D eigenvalue weighted by molar-refractivity contribution is -0.117. The number of halogens is 1. The summed E-state index contributed by atoms with van der Waals surface area (Å²) in [6, 6.07) is 14.8. The standard InChI is InChI=1S/C19H13ClN2O2S/c1-25-13-8-4-11(5-9-13)17-15-14(18(23)22-17)16(21-19(15)24)10-2-6-12(20)7-3-10/h2-9H,1H3,(H,21,24)(H,22,23). The van der Waals surface area contributed by atoms with Crippen molar-refractivity contribution in [2.24, 2.45) is 0 Å². The Morgan fingerprint density at radius 2 is 1.20 bits per heavy atom. The largest absolute Gasteiger partial charge is 0.321 e. The van der Waals surface area contributed by atoms with E-state index < -0.39 is 0 Å². The third-order valence-electron chi connectivity index (χ3n) is 4.19. The molecule has 124 valence electrons. The highest BCUT2D eigenvalue weighted by molar-refractivity contribution is 7.98. The number of carbonyl (C=O) groups is 2. The zero-order chi connectivity index (χ0) is 17.6. The van der Waals surface area contributed by atoms with Gasteiger partial charge in [-0.3, -0.25) is 9.59 Å². The van der Waals surface area contributed by atoms with Gasteiger partial charge in [-0.25, -0.2) is 0 Å². The fraction of sp³-hybridized carbons (Fsp3) is 0.0526. The lowest BCUT2D eigenvalue weighted by Crippen LogP contribution is -2.21. The minimum absolute atomic E-state index is 0.276. The molecule has 2 aromatic rings. The number of hydrogen-bond acceptors (Lipinski definition) is 3. The smallest absolute Gasteiger partial charge is 0.258 e. The first-order valence-electron chi connectivity index (χ1n) is 7.60. The number of carbonyl (C=O) groups excluding carboxylic acids is 2. The van der Waals surface area contributed by atoms with Crippen LogP contribution in [-0.4, -0.2) is 18.1 Å². The fourth-order valence-electron chi connectivity index (χ4n) is 2.99. The van der Waals surface area contributed by atoms with Crippen LogP contribution in [0, 0.1) is 0 Å². The minimum atomic E-state index is -0.276. The summed E-state index contributed by atoms with van der Waals surface area (Å²) in [6.07, 6.45) is 2.00. The van der Waals surface area contributed by atoms with Gasteiger partial charge in [0.2, 0.25) is 0 Å². The molecular weight excluding hydrogens is 356 g/mol. The molecule has 0 aliphatic carbocycles. The van der Waals surface area contributed by atoms with Crippen molar-refractivity contribution in [3.8, 4) is 0 Å². The number of fused-ring (bicyclic) bond motifs is 1. The van der Waals surface area contributed by atoms with Gasteiger partial charge in [0.15, 0.2) is 0 Å². The Morgan fingerprint density at radius 1 is 0.760 bits per heavy atom. The van der Waals surface area contributed by atoms with Crippen LogP contribution in [0.15, 0.2) is 64.6 Å². The molecule has 0 radical (unpaired) electrons. The van der Waals surface area contributed by atoms with E-state index in [9.17, 15) is 9.59 Å². The van der Waals surface area contributed by atoms with Crippen molar-refractivity contribution >= 4 is 46.6 Å². The number of amides is 2. The molecule has 2 N–H and O–H groups in total. The Hall–Kier alpha value is -2.50. The van der Waals surface area contributed by atoms with Crippen LogP contribution in [0.25, 0.3) is 11.4 Å². The first-order valence-corrected chi connectivity index (χ1v) is 9.21. The average molecular weight is 369 g/mol. The van der Waals surface area contributed by atoms with E-state index in [1.165, 1.54) is 0 Å². The number of thioether (sulfide) groups is 1. The quantitative estimate of drug-likeness (QED) is 0.816. The van der Waals surface area contributed by atoms with E-state index >= 15 is 0 Å².